The molecule has 0 unspecified atom stereocenters. The largest absolute Gasteiger partial charge is 0.497 e. The number of hydrogen-bond acceptors (Lipinski definition) is 2. The first-order valence-corrected chi connectivity index (χ1v) is 5.84. The Morgan fingerprint density at radius 1 is 1.06 bits per heavy atom. The highest BCUT2D eigenvalue weighted by atomic mass is 32.5. The van der Waals surface area contributed by atoms with E-state index in [-0.39, 0.29) is 11.8 Å². The maximum Gasteiger partial charge on any atom is 0.381 e. The molecule has 0 radical (unpaired) electrons. The third kappa shape index (κ3) is 4.96. The minimum atomic E-state index is -9.71. The van der Waals surface area contributed by atoms with Crippen molar-refractivity contribution in [3.8, 4) is 5.75 Å². The molecule has 0 aliphatic carbocycles. The van der Waals surface area contributed by atoms with E-state index in [2.05, 4.69) is 0 Å². The lowest BCUT2D eigenvalue weighted by Gasteiger charge is -2.34. The number of ether oxygens (including phenoxy) is 1. The Kier molecular flexibility index (Phi) is 2.47. The van der Waals surface area contributed by atoms with E-state index in [1.54, 1.807) is 0 Å². The first kappa shape index (κ1) is 12.8. The molecule has 2 nitrogen and oxygen atoms in total. The molecular formula is C8H8F5NOS. The molecule has 0 amide bonds. The molecule has 1 aromatic rings. The molecule has 0 spiro atoms. The van der Waals surface area contributed by atoms with Gasteiger partial charge in [-0.15, -0.1) is 4.40 Å². The second kappa shape index (κ2) is 3.09. The van der Waals surface area contributed by atoms with Crippen molar-refractivity contribution in [2.75, 3.05) is 7.11 Å². The summed E-state index contributed by atoms with van der Waals surface area (Å²) in [7, 11) is -8.34. The van der Waals surface area contributed by atoms with Gasteiger partial charge in [0.25, 0.3) is 0 Å². The first-order valence-electron chi connectivity index (χ1n) is 3.93. The summed E-state index contributed by atoms with van der Waals surface area (Å²) in [6.45, 7) is 0. The monoisotopic (exact) mass is 261 g/mol. The number of methoxy groups -OCH3 is 1. The van der Waals surface area contributed by atoms with Gasteiger partial charge in [0.1, 0.15) is 5.75 Å². The number of rotatable bonds is 3. The molecule has 1 aromatic carbocycles. The molecule has 0 saturated heterocycles. The number of hydrogen-bond donors (Lipinski definition) is 0. The van der Waals surface area contributed by atoms with Crippen molar-refractivity contribution in [1.29, 1.82) is 0 Å². The molecule has 16 heavy (non-hydrogen) atoms. The van der Waals surface area contributed by atoms with E-state index < -0.39 is 10.4 Å². The molecule has 0 atom stereocenters. The van der Waals surface area contributed by atoms with Gasteiger partial charge in [-0.3, -0.25) is 0 Å². The average molecular weight is 261 g/mol. The third-order valence-corrected chi connectivity index (χ3v) is 2.02. The molecule has 0 heterocycles. The number of halogens is 5. The SMILES string of the molecule is COc1ccc(C=NS(F)(F)(F)(F)F)cc1. The highest BCUT2D eigenvalue weighted by Gasteiger charge is 2.63. The average Bonchev–Trinajstić information content (AvgIpc) is 2.13. The van der Waals surface area contributed by atoms with Crippen LogP contribution in [0.15, 0.2) is 28.7 Å². The van der Waals surface area contributed by atoms with E-state index in [1.165, 1.54) is 35.8 Å². The van der Waals surface area contributed by atoms with Gasteiger partial charge < -0.3 is 4.74 Å². The predicted molar refractivity (Wildman–Crippen MR) is 53.7 cm³/mol. The Balaban J connectivity index is 2.94. The fourth-order valence-corrected chi connectivity index (χ4v) is 1.17. The minimum absolute atomic E-state index is 0.0843. The van der Waals surface area contributed by atoms with Crippen molar-refractivity contribution in [1.82, 2.24) is 0 Å². The molecule has 8 heteroatoms. The van der Waals surface area contributed by atoms with Crippen LogP contribution in [0, 0.1) is 0 Å². The second-order valence-electron chi connectivity index (χ2n) is 2.94. The van der Waals surface area contributed by atoms with Crippen LogP contribution in [0.3, 0.4) is 0 Å². The van der Waals surface area contributed by atoms with Gasteiger partial charge in [-0.05, 0) is 29.8 Å². The molecule has 0 aromatic heterocycles. The van der Waals surface area contributed by atoms with Crippen molar-refractivity contribution < 1.29 is 24.2 Å². The van der Waals surface area contributed by atoms with Gasteiger partial charge in [0, 0.05) is 0 Å². The zero-order valence-corrected chi connectivity index (χ0v) is 8.86. The second-order valence-corrected chi connectivity index (χ2v) is 5.00. The van der Waals surface area contributed by atoms with Gasteiger partial charge in [0.2, 0.25) is 0 Å². The standard InChI is InChI=1S/C8H8F5NOS/c1-15-8-4-2-7(3-5-8)6-14-16(9,10,11,12)13/h2-6H,1H3. The summed E-state index contributed by atoms with van der Waals surface area (Å²) in [5.74, 6) is 0.407. The molecule has 0 aliphatic heterocycles. The van der Waals surface area contributed by atoms with Crippen molar-refractivity contribution in [2.45, 2.75) is 0 Å². The lowest BCUT2D eigenvalue weighted by atomic mass is 10.2. The van der Waals surface area contributed by atoms with Gasteiger partial charge in [0.15, 0.2) is 0 Å². The maximum atomic E-state index is 11.8. The normalized spacial score (nSPS) is 16.9. The fourth-order valence-electron chi connectivity index (χ4n) is 0.850. The van der Waals surface area contributed by atoms with Gasteiger partial charge in [0.05, 0.1) is 13.3 Å². The van der Waals surface area contributed by atoms with E-state index in [9.17, 15) is 19.4 Å². The van der Waals surface area contributed by atoms with Gasteiger partial charge in [-0.2, -0.15) is 0 Å². The van der Waals surface area contributed by atoms with Gasteiger partial charge in [-0.25, -0.2) is 0 Å². The van der Waals surface area contributed by atoms with E-state index in [4.69, 9.17) is 4.74 Å². The van der Waals surface area contributed by atoms with Crippen LogP contribution in [0.2, 0.25) is 0 Å². The highest BCUT2D eigenvalue weighted by molar-refractivity contribution is 8.44. The van der Waals surface area contributed by atoms with Crippen molar-refractivity contribution in [3.05, 3.63) is 29.8 Å². The molecule has 0 saturated carbocycles. The Morgan fingerprint density at radius 2 is 1.56 bits per heavy atom. The minimum Gasteiger partial charge on any atom is -0.497 e. The van der Waals surface area contributed by atoms with Gasteiger partial charge in [-0.1, -0.05) is 19.4 Å². The van der Waals surface area contributed by atoms with Crippen LogP contribution < -0.4 is 4.74 Å². The molecule has 0 bridgehead atoms. The quantitative estimate of drug-likeness (QED) is 0.586. The van der Waals surface area contributed by atoms with Crippen molar-refractivity contribution in [3.63, 3.8) is 0 Å². The summed E-state index contributed by atoms with van der Waals surface area (Å²) >= 11 is 0. The molecule has 0 fully saturated rings. The molecule has 1 rings (SSSR count). The zero-order valence-electron chi connectivity index (χ0n) is 8.04. The van der Waals surface area contributed by atoms with E-state index in [0.717, 1.165) is 0 Å². The molecule has 92 valence electrons. The van der Waals surface area contributed by atoms with Crippen LogP contribution in [0.25, 0.3) is 0 Å². The highest BCUT2D eigenvalue weighted by Crippen LogP contribution is 2.98. The fraction of sp³-hybridized carbons (Fsp3) is 0.125. The van der Waals surface area contributed by atoms with Crippen molar-refractivity contribution >= 4 is 16.6 Å². The summed E-state index contributed by atoms with van der Waals surface area (Å²) in [5.41, 5.74) is -0.0888. The van der Waals surface area contributed by atoms with Crippen LogP contribution in [0.1, 0.15) is 5.56 Å². The topological polar surface area (TPSA) is 21.6 Å². The van der Waals surface area contributed by atoms with Crippen LogP contribution in [0.5, 0.6) is 5.75 Å². The summed E-state index contributed by atoms with van der Waals surface area (Å²) in [5, 5.41) is 0. The molecule has 0 aliphatic rings. The summed E-state index contributed by atoms with van der Waals surface area (Å²) in [6.07, 6.45) is 0.0843. The van der Waals surface area contributed by atoms with E-state index >= 15 is 0 Å². The lowest BCUT2D eigenvalue weighted by molar-refractivity contribution is 0.367. The molecule has 0 N–H and O–H groups in total. The number of nitrogens with zero attached hydrogens (tertiary/aromatic N) is 1. The molecular weight excluding hydrogens is 253 g/mol. The Hall–Kier alpha value is -1.31. The maximum absolute atomic E-state index is 11.8. The van der Waals surface area contributed by atoms with Crippen LogP contribution in [-0.2, 0) is 0 Å². The van der Waals surface area contributed by atoms with Crippen LogP contribution >= 0.6 is 10.4 Å². The Labute approximate surface area is 88.6 Å². The van der Waals surface area contributed by atoms with E-state index in [0.29, 0.717) is 5.75 Å². The Morgan fingerprint density at radius 3 is 1.94 bits per heavy atom. The summed E-state index contributed by atoms with van der Waals surface area (Å²) < 4.78 is 65.3. The van der Waals surface area contributed by atoms with Crippen LogP contribution in [-0.4, -0.2) is 13.3 Å². The first-order chi connectivity index (χ1) is 6.99. The van der Waals surface area contributed by atoms with Crippen molar-refractivity contribution in [2.24, 2.45) is 4.40 Å². The smallest absolute Gasteiger partial charge is 0.381 e. The summed E-state index contributed by atoms with van der Waals surface area (Å²) in [6, 6.07) is 5.05. The van der Waals surface area contributed by atoms with E-state index in [1.807, 2.05) is 0 Å². The zero-order chi connectivity index (χ0) is 12.5. The lowest BCUT2D eigenvalue weighted by Crippen LogP contribution is -2.00. The number of benzene rings is 1. The third-order valence-electron chi connectivity index (χ3n) is 1.52. The predicted octanol–water partition coefficient (Wildman–Crippen LogP) is 4.33. The Bertz CT molecular complexity index is 409. The summed E-state index contributed by atoms with van der Waals surface area (Å²) in [4.78, 5) is 0. The van der Waals surface area contributed by atoms with Gasteiger partial charge >= 0.3 is 10.4 Å². The van der Waals surface area contributed by atoms with Crippen LogP contribution in [0.4, 0.5) is 19.4 Å².